The average Bonchev–Trinajstić information content (AvgIpc) is 3.30. The highest BCUT2D eigenvalue weighted by atomic mass is 19.1. The molecule has 0 radical (unpaired) electrons. The maximum atomic E-state index is 15.0. The van der Waals surface area contributed by atoms with Gasteiger partial charge in [0, 0.05) is 31.5 Å². The van der Waals surface area contributed by atoms with E-state index in [0.717, 1.165) is 45.3 Å². The number of rotatable bonds is 9. The van der Waals surface area contributed by atoms with Crippen molar-refractivity contribution in [2.45, 2.75) is 52.5 Å². The number of aromatic nitrogens is 5. The number of hydrogen-bond acceptors (Lipinski definition) is 7. The van der Waals surface area contributed by atoms with E-state index in [1.54, 1.807) is 13.2 Å². The van der Waals surface area contributed by atoms with Crippen LogP contribution in [0.3, 0.4) is 0 Å². The van der Waals surface area contributed by atoms with Crippen molar-refractivity contribution in [2.75, 3.05) is 38.7 Å². The van der Waals surface area contributed by atoms with Crippen LogP contribution in [0, 0.1) is 24.5 Å². The molecule has 0 spiro atoms. The van der Waals surface area contributed by atoms with Crippen molar-refractivity contribution in [1.29, 1.82) is 0 Å². The minimum absolute atomic E-state index is 0.00884. The molecule has 1 aliphatic rings. The van der Waals surface area contributed by atoms with Gasteiger partial charge in [0.05, 0.1) is 18.3 Å². The molecule has 40 heavy (non-hydrogen) atoms. The smallest absolute Gasteiger partial charge is 0.229 e. The molecule has 0 aliphatic carbocycles. The third kappa shape index (κ3) is 5.83. The van der Waals surface area contributed by atoms with Gasteiger partial charge in [0.15, 0.2) is 11.6 Å². The molecule has 0 unspecified atom stereocenters. The molecule has 10 heteroatoms. The van der Waals surface area contributed by atoms with Gasteiger partial charge in [-0.3, -0.25) is 0 Å². The Bertz CT molecular complexity index is 1460. The lowest BCUT2D eigenvalue weighted by Crippen LogP contribution is -2.37. The Morgan fingerprint density at radius 2 is 1.80 bits per heavy atom. The van der Waals surface area contributed by atoms with Crippen LogP contribution in [0.2, 0.25) is 0 Å². The number of methoxy groups -OCH3 is 1. The summed E-state index contributed by atoms with van der Waals surface area (Å²) in [7, 11) is 1.74. The van der Waals surface area contributed by atoms with Gasteiger partial charge >= 0.3 is 0 Å². The van der Waals surface area contributed by atoms with Gasteiger partial charge in [-0.25, -0.2) is 28.7 Å². The molecule has 1 atom stereocenters. The Hall–Kier alpha value is -3.50. The van der Waals surface area contributed by atoms with E-state index in [1.807, 2.05) is 37.6 Å². The SMILES string of the molecule is COCCN1CCC([C@H](C)c2ccc(Nc3ncc(F)c(-c4cc(F)c5nc(C)n(C(C)C)c5c4)n3)nc2)CC1. The number of hydrogen-bond donors (Lipinski definition) is 1. The number of nitrogens with one attached hydrogen (secondary N) is 1. The van der Waals surface area contributed by atoms with Gasteiger partial charge < -0.3 is 19.5 Å². The fourth-order valence-corrected chi connectivity index (χ4v) is 5.72. The lowest BCUT2D eigenvalue weighted by atomic mass is 9.82. The Morgan fingerprint density at radius 3 is 2.48 bits per heavy atom. The summed E-state index contributed by atoms with van der Waals surface area (Å²) in [6.07, 6.45) is 5.28. The number of anilines is 2. The molecule has 1 aliphatic heterocycles. The third-order valence-electron chi connectivity index (χ3n) is 7.96. The van der Waals surface area contributed by atoms with Crippen molar-refractivity contribution in [3.8, 4) is 11.3 Å². The normalized spacial score (nSPS) is 15.7. The van der Waals surface area contributed by atoms with Gasteiger partial charge in [-0.2, -0.15) is 0 Å². The zero-order valence-electron chi connectivity index (χ0n) is 23.8. The van der Waals surface area contributed by atoms with Gasteiger partial charge in [-0.1, -0.05) is 13.0 Å². The number of pyridine rings is 1. The van der Waals surface area contributed by atoms with Gasteiger partial charge in [0.1, 0.15) is 22.9 Å². The standard InChI is InChI=1S/C30H37F2N7O/c1-18(2)39-20(4)35-29-24(31)14-23(15-26(29)39)28-25(32)17-34-30(37-28)36-27-7-6-22(16-33-27)19(3)21-8-10-38(11-9-21)12-13-40-5/h6-7,14-19,21H,8-13H2,1-5H3,(H,33,34,36,37)/t19-/m0/s1. The third-order valence-corrected chi connectivity index (χ3v) is 7.96. The minimum atomic E-state index is -0.637. The predicted octanol–water partition coefficient (Wildman–Crippen LogP) is 6.26. The molecule has 4 heterocycles. The second-order valence-electron chi connectivity index (χ2n) is 10.9. The summed E-state index contributed by atoms with van der Waals surface area (Å²) in [6, 6.07) is 7.02. The van der Waals surface area contributed by atoms with Gasteiger partial charge in [-0.05, 0) is 82.3 Å². The first-order chi connectivity index (χ1) is 19.2. The molecule has 0 bridgehead atoms. The van der Waals surface area contributed by atoms with Crippen molar-refractivity contribution in [3.63, 3.8) is 0 Å². The van der Waals surface area contributed by atoms with Crippen molar-refractivity contribution >= 4 is 22.8 Å². The highest BCUT2D eigenvalue weighted by molar-refractivity contribution is 5.83. The molecular formula is C30H37F2N7O. The maximum absolute atomic E-state index is 15.0. The summed E-state index contributed by atoms with van der Waals surface area (Å²) >= 11 is 0. The van der Waals surface area contributed by atoms with Crippen molar-refractivity contribution in [2.24, 2.45) is 5.92 Å². The molecule has 1 aromatic carbocycles. The average molecular weight is 550 g/mol. The quantitative estimate of drug-likeness (QED) is 0.264. The van der Waals surface area contributed by atoms with Crippen LogP contribution in [0.25, 0.3) is 22.3 Å². The molecule has 0 saturated carbocycles. The molecule has 4 aromatic rings. The number of likely N-dealkylation sites (tertiary alicyclic amines) is 1. The van der Waals surface area contributed by atoms with Crippen LogP contribution >= 0.6 is 0 Å². The molecule has 1 saturated heterocycles. The zero-order chi connectivity index (χ0) is 28.4. The lowest BCUT2D eigenvalue weighted by molar-refractivity contribution is 0.115. The highest BCUT2D eigenvalue weighted by Gasteiger charge is 2.25. The number of nitrogens with zero attached hydrogens (tertiary/aromatic N) is 6. The molecule has 212 valence electrons. The number of benzene rings is 1. The fourth-order valence-electron chi connectivity index (χ4n) is 5.72. The van der Waals surface area contributed by atoms with E-state index < -0.39 is 11.6 Å². The summed E-state index contributed by atoms with van der Waals surface area (Å²) in [6.45, 7) is 12.0. The molecule has 1 fully saturated rings. The Labute approximate surface area is 233 Å². The number of fused-ring (bicyclic) bond motifs is 1. The van der Waals surface area contributed by atoms with Crippen LogP contribution in [0.1, 0.15) is 57.0 Å². The summed E-state index contributed by atoms with van der Waals surface area (Å²) in [5, 5.41) is 3.07. The Balaban J connectivity index is 1.31. The number of aryl methyl sites for hydroxylation is 1. The van der Waals surface area contributed by atoms with E-state index in [0.29, 0.717) is 34.6 Å². The van der Waals surface area contributed by atoms with Crippen LogP contribution in [0.5, 0.6) is 0 Å². The van der Waals surface area contributed by atoms with Crippen molar-refractivity contribution in [3.05, 3.63) is 59.7 Å². The highest BCUT2D eigenvalue weighted by Crippen LogP contribution is 2.33. The van der Waals surface area contributed by atoms with Crippen LogP contribution in [0.15, 0.2) is 36.7 Å². The first-order valence-electron chi connectivity index (χ1n) is 13.9. The summed E-state index contributed by atoms with van der Waals surface area (Å²) in [5.74, 6) is 1.28. The maximum Gasteiger partial charge on any atom is 0.229 e. The summed E-state index contributed by atoms with van der Waals surface area (Å²) in [5.41, 5.74) is 2.37. The number of imidazole rings is 1. The Morgan fingerprint density at radius 1 is 1.02 bits per heavy atom. The van der Waals surface area contributed by atoms with E-state index in [-0.39, 0.29) is 23.2 Å². The van der Waals surface area contributed by atoms with Crippen molar-refractivity contribution < 1.29 is 13.5 Å². The van der Waals surface area contributed by atoms with E-state index in [2.05, 4.69) is 43.1 Å². The first kappa shape index (κ1) is 28.0. The summed E-state index contributed by atoms with van der Waals surface area (Å²) < 4.78 is 37.0. The van der Waals surface area contributed by atoms with Gasteiger partial charge in [-0.15, -0.1) is 0 Å². The fraction of sp³-hybridized carbons (Fsp3) is 0.467. The molecular weight excluding hydrogens is 512 g/mol. The van der Waals surface area contributed by atoms with Gasteiger partial charge in [0.25, 0.3) is 0 Å². The molecule has 0 amide bonds. The topological polar surface area (TPSA) is 81.0 Å². The first-order valence-corrected chi connectivity index (χ1v) is 13.9. The van der Waals surface area contributed by atoms with Crippen molar-refractivity contribution in [1.82, 2.24) is 29.4 Å². The number of ether oxygens (including phenoxy) is 1. The largest absolute Gasteiger partial charge is 0.383 e. The molecule has 5 rings (SSSR count). The van der Waals surface area contributed by atoms with E-state index in [9.17, 15) is 8.78 Å². The second kappa shape index (κ2) is 11.9. The Kier molecular flexibility index (Phi) is 8.37. The number of halogens is 2. The molecule has 8 nitrogen and oxygen atoms in total. The van der Waals surface area contributed by atoms with Gasteiger partial charge in [0.2, 0.25) is 5.95 Å². The zero-order valence-corrected chi connectivity index (χ0v) is 23.8. The second-order valence-corrected chi connectivity index (χ2v) is 10.9. The molecule has 1 N–H and O–H groups in total. The van der Waals surface area contributed by atoms with Crippen LogP contribution in [-0.4, -0.2) is 62.8 Å². The molecule has 3 aromatic heterocycles. The van der Waals surface area contributed by atoms with Crippen LogP contribution < -0.4 is 5.32 Å². The van der Waals surface area contributed by atoms with Crippen LogP contribution in [-0.2, 0) is 4.74 Å². The monoisotopic (exact) mass is 549 g/mol. The lowest BCUT2D eigenvalue weighted by Gasteiger charge is -2.34. The number of piperidine rings is 1. The minimum Gasteiger partial charge on any atom is -0.383 e. The van der Waals surface area contributed by atoms with E-state index in [1.165, 1.54) is 11.6 Å². The van der Waals surface area contributed by atoms with E-state index in [4.69, 9.17) is 4.74 Å². The van der Waals surface area contributed by atoms with E-state index >= 15 is 0 Å². The van der Waals surface area contributed by atoms with Crippen LogP contribution in [0.4, 0.5) is 20.5 Å². The predicted molar refractivity (Wildman–Crippen MR) is 153 cm³/mol. The summed E-state index contributed by atoms with van der Waals surface area (Å²) in [4.78, 5) is 19.9.